The molecule has 4 aliphatic rings. The number of aryl methyl sites for hydroxylation is 4. The van der Waals surface area contributed by atoms with Gasteiger partial charge in [0, 0.05) is 71.3 Å². The number of fused-ring (bicyclic) bond motifs is 16. The predicted octanol–water partition coefficient (Wildman–Crippen LogP) is 9.61. The van der Waals surface area contributed by atoms with Crippen molar-refractivity contribution in [3.8, 4) is 34.0 Å². The maximum Gasteiger partial charge on any atom is 0.251 e. The van der Waals surface area contributed by atoms with Crippen molar-refractivity contribution in [1.29, 1.82) is 0 Å². The van der Waals surface area contributed by atoms with Gasteiger partial charge in [0.1, 0.15) is 36.1 Å². The third kappa shape index (κ3) is 8.23. The van der Waals surface area contributed by atoms with E-state index < -0.39 is 0 Å². The molecule has 2 amide bonds. The molecule has 4 unspecified atom stereocenters. The van der Waals surface area contributed by atoms with E-state index >= 15 is 0 Å². The number of hydrogen-bond acceptors (Lipinski definition) is 12. The highest BCUT2D eigenvalue weighted by Crippen LogP contribution is 2.56. The molecule has 4 aromatic heterocycles. The van der Waals surface area contributed by atoms with Crippen LogP contribution in [-0.2, 0) is 22.6 Å². The molecule has 14 nitrogen and oxygen atoms in total. The standard InChI is InChI=1S/2C29H26N4O3/c1-15-10-25(30)33-16(2)24(15)14-32-29(34)18-5-8-21-23(12-18)28-20-7-4-17(11-22(20)27(21)36-28)19-6-9-26(35-3)31-13-19;1-15-10-25(30)33-16(2)24(15)14-32-29(34)18-5-8-21-23(12-18)28-22-11-17(4-7-20(22)27(21)36-28)19-6-9-26(35-3)31-13-19/h2*4-13,27-28H,14H2,1-3H3,(H2,30,33)(H,32,34). The first-order chi connectivity index (χ1) is 34.8. The highest BCUT2D eigenvalue weighted by Gasteiger charge is 2.44. The molecule has 8 heterocycles. The summed E-state index contributed by atoms with van der Waals surface area (Å²) in [7, 11) is 3.21. The zero-order valence-corrected chi connectivity index (χ0v) is 40.7. The monoisotopic (exact) mass is 956 g/mol. The molecule has 12 rings (SSSR count). The molecule has 4 aliphatic heterocycles. The fraction of sp³-hybridized carbons (Fsp3) is 0.207. The van der Waals surface area contributed by atoms with Gasteiger partial charge in [0.2, 0.25) is 11.8 Å². The van der Waals surface area contributed by atoms with E-state index in [1.807, 2.05) is 113 Å². The van der Waals surface area contributed by atoms with E-state index in [-0.39, 0.29) is 36.2 Å². The zero-order chi connectivity index (χ0) is 49.9. The number of aromatic nitrogens is 4. The molecule has 8 aromatic rings. The van der Waals surface area contributed by atoms with Crippen molar-refractivity contribution in [2.75, 3.05) is 25.7 Å². The second kappa shape index (κ2) is 18.4. The number of nitrogen functional groups attached to an aromatic ring is 2. The zero-order valence-electron chi connectivity index (χ0n) is 40.7. The Balaban J connectivity index is 0.000000156. The van der Waals surface area contributed by atoms with E-state index in [2.05, 4.69) is 67.0 Å². The molecule has 6 N–H and O–H groups in total. The molecule has 4 aromatic carbocycles. The average molecular weight is 957 g/mol. The average Bonchev–Trinajstić information content (AvgIpc) is 4.17. The van der Waals surface area contributed by atoms with Crippen LogP contribution in [0.3, 0.4) is 0 Å². The Morgan fingerprint density at radius 3 is 1.22 bits per heavy atom. The molecule has 0 saturated heterocycles. The van der Waals surface area contributed by atoms with Crippen molar-refractivity contribution < 1.29 is 28.5 Å². The number of nitrogens with zero attached hydrogens (tertiary/aromatic N) is 4. The quantitative estimate of drug-likeness (QED) is 0.101. The van der Waals surface area contributed by atoms with Crippen molar-refractivity contribution in [1.82, 2.24) is 30.6 Å². The minimum absolute atomic E-state index is 0.105. The van der Waals surface area contributed by atoms with Crippen LogP contribution in [0.1, 0.15) is 123 Å². The molecule has 14 heteroatoms. The Labute approximate surface area is 416 Å². The van der Waals surface area contributed by atoms with Crippen LogP contribution in [0.15, 0.2) is 122 Å². The number of pyridine rings is 4. The fourth-order valence-corrected chi connectivity index (χ4v) is 10.5. The number of methoxy groups -OCH3 is 2. The summed E-state index contributed by atoms with van der Waals surface area (Å²) < 4.78 is 23.1. The number of carbonyl (C=O) groups is 2. The topological polar surface area (TPSA) is 199 Å². The third-order valence-electron chi connectivity index (χ3n) is 14.2. The molecular formula is C58H52N8O6. The molecule has 0 aliphatic carbocycles. The number of carbonyl (C=O) groups excluding carboxylic acids is 2. The van der Waals surface area contributed by atoms with Gasteiger partial charge in [-0.05, 0) is 166 Å². The van der Waals surface area contributed by atoms with Crippen molar-refractivity contribution in [2.24, 2.45) is 0 Å². The summed E-state index contributed by atoms with van der Waals surface area (Å²) in [6, 6.07) is 35.8. The fourth-order valence-electron chi connectivity index (χ4n) is 10.5. The summed E-state index contributed by atoms with van der Waals surface area (Å²) in [6.07, 6.45) is 3.04. The van der Waals surface area contributed by atoms with Gasteiger partial charge in [-0.25, -0.2) is 19.9 Å². The van der Waals surface area contributed by atoms with E-state index in [9.17, 15) is 9.59 Å². The predicted molar refractivity (Wildman–Crippen MR) is 273 cm³/mol. The minimum Gasteiger partial charge on any atom is -0.481 e. The summed E-state index contributed by atoms with van der Waals surface area (Å²) >= 11 is 0. The third-order valence-corrected chi connectivity index (χ3v) is 14.2. The van der Waals surface area contributed by atoms with Gasteiger partial charge in [-0.15, -0.1) is 0 Å². The van der Waals surface area contributed by atoms with Gasteiger partial charge in [0.05, 0.1) is 14.2 Å². The number of rotatable bonds is 10. The molecule has 360 valence electrons. The molecule has 0 spiro atoms. The number of amides is 2. The second-order valence-corrected chi connectivity index (χ2v) is 18.6. The van der Waals surface area contributed by atoms with Crippen LogP contribution in [0.2, 0.25) is 0 Å². The van der Waals surface area contributed by atoms with Gasteiger partial charge in [-0.2, -0.15) is 0 Å². The summed E-state index contributed by atoms with van der Waals surface area (Å²) in [4.78, 5) is 43.3. The molecule has 0 saturated carbocycles. The molecule has 72 heavy (non-hydrogen) atoms. The van der Waals surface area contributed by atoms with E-state index in [4.69, 9.17) is 30.4 Å². The second-order valence-electron chi connectivity index (χ2n) is 18.6. The lowest BCUT2D eigenvalue weighted by molar-refractivity contribution is 0.0856. The number of ether oxygens (including phenoxy) is 4. The van der Waals surface area contributed by atoms with Crippen LogP contribution in [0.5, 0.6) is 11.8 Å². The van der Waals surface area contributed by atoms with Crippen LogP contribution in [-0.4, -0.2) is 46.0 Å². The number of benzene rings is 4. The summed E-state index contributed by atoms with van der Waals surface area (Å²) in [5, 5.41) is 6.06. The highest BCUT2D eigenvalue weighted by molar-refractivity contribution is 5.95. The van der Waals surface area contributed by atoms with Gasteiger partial charge in [-0.1, -0.05) is 36.4 Å². The lowest BCUT2D eigenvalue weighted by Crippen LogP contribution is -2.24. The van der Waals surface area contributed by atoms with E-state index in [0.717, 1.165) is 89.3 Å². The Kier molecular flexibility index (Phi) is 11.7. The number of anilines is 2. The maximum absolute atomic E-state index is 13.0. The highest BCUT2D eigenvalue weighted by atomic mass is 16.5. The first kappa shape index (κ1) is 46.0. The van der Waals surface area contributed by atoms with E-state index in [0.29, 0.717) is 47.6 Å². The lowest BCUT2D eigenvalue weighted by Gasteiger charge is -2.18. The minimum atomic E-state index is -0.190. The summed E-state index contributed by atoms with van der Waals surface area (Å²) in [5.41, 5.74) is 31.7. The summed E-state index contributed by atoms with van der Waals surface area (Å²) in [5.74, 6) is 1.89. The Morgan fingerprint density at radius 2 is 0.847 bits per heavy atom. The number of nitrogens with two attached hydrogens (primary N) is 2. The van der Waals surface area contributed by atoms with Gasteiger partial charge in [0.15, 0.2) is 0 Å². The van der Waals surface area contributed by atoms with Crippen LogP contribution >= 0.6 is 0 Å². The molecular weight excluding hydrogens is 905 g/mol. The van der Waals surface area contributed by atoms with Crippen LogP contribution in [0.25, 0.3) is 22.3 Å². The molecule has 4 atom stereocenters. The Bertz CT molecular complexity index is 3440. The van der Waals surface area contributed by atoms with Crippen molar-refractivity contribution >= 4 is 23.5 Å². The van der Waals surface area contributed by atoms with Crippen LogP contribution < -0.4 is 31.6 Å². The first-order valence-corrected chi connectivity index (χ1v) is 23.7. The van der Waals surface area contributed by atoms with Gasteiger partial charge in [-0.3, -0.25) is 9.59 Å². The number of hydrogen-bond donors (Lipinski definition) is 4. The smallest absolute Gasteiger partial charge is 0.251 e. The van der Waals surface area contributed by atoms with Crippen LogP contribution in [0.4, 0.5) is 11.6 Å². The van der Waals surface area contributed by atoms with Gasteiger partial charge in [0.25, 0.3) is 11.8 Å². The normalized spacial score (nSPS) is 17.0. The first-order valence-electron chi connectivity index (χ1n) is 23.7. The maximum atomic E-state index is 13.0. The van der Waals surface area contributed by atoms with Gasteiger partial charge >= 0.3 is 0 Å². The molecule has 0 radical (unpaired) electrons. The molecule has 0 fully saturated rings. The Hall–Kier alpha value is -8.46. The largest absolute Gasteiger partial charge is 0.481 e. The summed E-state index contributed by atoms with van der Waals surface area (Å²) in [6.45, 7) is 8.55. The number of nitrogens with one attached hydrogen (secondary N) is 2. The SMILES string of the molecule is COc1ccc(-c2ccc3c(c2)C2OC3c3cc(C(=O)NCc4c(C)cc(N)nc4C)ccc32)cn1.COc1ccc(-c2ccc3c(c2)C2OC3c3ccc(C(=O)NCc4c(C)cc(N)nc4C)cc32)cn1. The molecule has 4 bridgehead atoms. The van der Waals surface area contributed by atoms with E-state index in [1.165, 1.54) is 11.1 Å². The van der Waals surface area contributed by atoms with E-state index in [1.54, 1.807) is 14.2 Å². The van der Waals surface area contributed by atoms with Crippen molar-refractivity contribution in [2.45, 2.75) is 65.2 Å². The lowest BCUT2D eigenvalue weighted by atomic mass is 9.84. The van der Waals surface area contributed by atoms with Crippen molar-refractivity contribution in [3.63, 3.8) is 0 Å². The van der Waals surface area contributed by atoms with Crippen molar-refractivity contribution in [3.05, 3.63) is 211 Å². The Morgan fingerprint density at radius 1 is 0.486 bits per heavy atom. The van der Waals surface area contributed by atoms with Gasteiger partial charge < -0.3 is 41.0 Å². The van der Waals surface area contributed by atoms with Crippen LogP contribution in [0, 0.1) is 27.7 Å².